The van der Waals surface area contributed by atoms with Gasteiger partial charge in [-0.15, -0.1) is 0 Å². The van der Waals surface area contributed by atoms with E-state index in [2.05, 4.69) is 0 Å². The van der Waals surface area contributed by atoms with Crippen LogP contribution in [0.4, 0.5) is 13.2 Å². The monoisotopic (exact) mass is 232 g/mol. The van der Waals surface area contributed by atoms with E-state index in [9.17, 15) is 13.2 Å². The highest BCUT2D eigenvalue weighted by atomic mass is 19.4. The molecule has 1 nitrogen and oxygen atoms in total. The molecule has 0 aliphatic carbocycles. The van der Waals surface area contributed by atoms with E-state index in [0.29, 0.717) is 11.1 Å². The molecular weight excluding hydrogens is 217 g/mol. The minimum Gasteiger partial charge on any atom is -0.392 e. The van der Waals surface area contributed by atoms with Gasteiger partial charge in [-0.3, -0.25) is 0 Å². The molecule has 1 aromatic rings. The van der Waals surface area contributed by atoms with Crippen molar-refractivity contribution < 1.29 is 18.3 Å². The zero-order valence-corrected chi connectivity index (χ0v) is 9.52. The van der Waals surface area contributed by atoms with Crippen molar-refractivity contribution in [1.82, 2.24) is 0 Å². The predicted molar refractivity (Wildman–Crippen MR) is 56.1 cm³/mol. The molecule has 0 saturated heterocycles. The maximum absolute atomic E-state index is 12.5. The van der Waals surface area contributed by atoms with Crippen molar-refractivity contribution in [3.8, 4) is 0 Å². The van der Waals surface area contributed by atoms with Crippen LogP contribution in [0.5, 0.6) is 0 Å². The summed E-state index contributed by atoms with van der Waals surface area (Å²) in [5, 5.41) is 9.09. The van der Waals surface area contributed by atoms with E-state index in [1.54, 1.807) is 0 Å². The molecule has 1 aromatic carbocycles. The van der Waals surface area contributed by atoms with Gasteiger partial charge >= 0.3 is 6.18 Å². The van der Waals surface area contributed by atoms with Crippen LogP contribution in [0, 0.1) is 0 Å². The molecule has 0 aliphatic heterocycles. The smallest absolute Gasteiger partial charge is 0.392 e. The first-order valence-electron chi connectivity index (χ1n) is 4.97. The highest BCUT2D eigenvalue weighted by molar-refractivity contribution is 5.37. The molecule has 0 bridgehead atoms. The van der Waals surface area contributed by atoms with Crippen LogP contribution >= 0.6 is 0 Å². The van der Waals surface area contributed by atoms with Crippen molar-refractivity contribution in [1.29, 1.82) is 0 Å². The van der Waals surface area contributed by atoms with Crippen LogP contribution in [0.25, 0.3) is 0 Å². The van der Waals surface area contributed by atoms with Gasteiger partial charge in [0.1, 0.15) is 0 Å². The van der Waals surface area contributed by atoms with Gasteiger partial charge in [0, 0.05) is 0 Å². The minimum atomic E-state index is -4.34. The molecule has 0 aliphatic rings. The second-order valence-corrected chi connectivity index (χ2v) is 4.78. The highest BCUT2D eigenvalue weighted by Crippen LogP contribution is 2.34. The summed E-state index contributed by atoms with van der Waals surface area (Å²) >= 11 is 0. The fourth-order valence-electron chi connectivity index (χ4n) is 1.59. The number of aliphatic hydroxyl groups is 1. The van der Waals surface area contributed by atoms with E-state index in [1.807, 2.05) is 20.8 Å². The molecule has 0 spiro atoms. The molecule has 16 heavy (non-hydrogen) atoms. The number of hydrogen-bond donors (Lipinski definition) is 1. The van der Waals surface area contributed by atoms with Gasteiger partial charge in [-0.2, -0.15) is 13.2 Å². The van der Waals surface area contributed by atoms with E-state index >= 15 is 0 Å². The Bertz CT molecular complexity index is 375. The van der Waals surface area contributed by atoms with Crippen molar-refractivity contribution in [2.75, 3.05) is 0 Å². The topological polar surface area (TPSA) is 20.2 Å². The van der Waals surface area contributed by atoms with E-state index < -0.39 is 17.2 Å². The lowest BCUT2D eigenvalue weighted by molar-refractivity contribution is -0.137. The summed E-state index contributed by atoms with van der Waals surface area (Å²) in [7, 11) is 0. The normalized spacial score (nSPS) is 12.9. The van der Waals surface area contributed by atoms with Crippen LogP contribution in [-0.2, 0) is 18.2 Å². The molecule has 4 heteroatoms. The van der Waals surface area contributed by atoms with Gasteiger partial charge in [0.15, 0.2) is 0 Å². The third-order valence-corrected chi connectivity index (χ3v) is 2.42. The third-order valence-electron chi connectivity index (χ3n) is 2.42. The molecule has 0 amide bonds. The van der Waals surface area contributed by atoms with Crippen molar-refractivity contribution >= 4 is 0 Å². The van der Waals surface area contributed by atoms with Crippen molar-refractivity contribution in [2.24, 2.45) is 0 Å². The summed E-state index contributed by atoms with van der Waals surface area (Å²) in [6.07, 6.45) is -4.34. The average molecular weight is 232 g/mol. The summed E-state index contributed by atoms with van der Waals surface area (Å²) in [6, 6.07) is 3.45. The molecule has 0 fully saturated rings. The third kappa shape index (κ3) is 2.76. The lowest BCUT2D eigenvalue weighted by atomic mass is 9.83. The predicted octanol–water partition coefficient (Wildman–Crippen LogP) is 3.50. The molecule has 0 heterocycles. The zero-order valence-electron chi connectivity index (χ0n) is 9.52. The van der Waals surface area contributed by atoms with Crippen LogP contribution in [0.3, 0.4) is 0 Å². The van der Waals surface area contributed by atoms with E-state index in [-0.39, 0.29) is 6.61 Å². The first kappa shape index (κ1) is 13.0. The number of hydrogen-bond acceptors (Lipinski definition) is 1. The average Bonchev–Trinajstić information content (AvgIpc) is 2.14. The molecule has 1 rings (SSSR count). The maximum Gasteiger partial charge on any atom is 0.416 e. The summed E-state index contributed by atoms with van der Waals surface area (Å²) in [5.74, 6) is 0. The van der Waals surface area contributed by atoms with Gasteiger partial charge in [0.2, 0.25) is 0 Å². The summed E-state index contributed by atoms with van der Waals surface area (Å²) in [4.78, 5) is 0. The molecule has 0 unspecified atom stereocenters. The van der Waals surface area contributed by atoms with Crippen molar-refractivity contribution in [2.45, 2.75) is 39.0 Å². The van der Waals surface area contributed by atoms with Gasteiger partial charge in [0.05, 0.1) is 12.2 Å². The Hall–Kier alpha value is -1.03. The Labute approximate surface area is 92.9 Å². The van der Waals surface area contributed by atoms with Gasteiger partial charge in [0.25, 0.3) is 0 Å². The van der Waals surface area contributed by atoms with Crippen LogP contribution in [0.1, 0.15) is 37.5 Å². The van der Waals surface area contributed by atoms with E-state index in [0.717, 1.165) is 12.1 Å². The van der Waals surface area contributed by atoms with Gasteiger partial charge in [-0.1, -0.05) is 26.8 Å². The Morgan fingerprint density at radius 2 is 1.69 bits per heavy atom. The highest BCUT2D eigenvalue weighted by Gasteiger charge is 2.32. The molecule has 0 saturated carbocycles. The Kier molecular flexibility index (Phi) is 3.33. The molecule has 90 valence electrons. The Morgan fingerprint density at radius 1 is 1.12 bits per heavy atom. The lowest BCUT2D eigenvalue weighted by Crippen LogP contribution is -2.16. The first-order valence-corrected chi connectivity index (χ1v) is 4.97. The van der Waals surface area contributed by atoms with Crippen LogP contribution in [0.2, 0.25) is 0 Å². The molecule has 0 radical (unpaired) electrons. The SMILES string of the molecule is CC(C)(C)c1cc(C(F)(F)F)ccc1CO. The fourth-order valence-corrected chi connectivity index (χ4v) is 1.59. The van der Waals surface area contributed by atoms with Crippen LogP contribution < -0.4 is 0 Å². The Morgan fingerprint density at radius 3 is 2.06 bits per heavy atom. The number of aliphatic hydroxyl groups excluding tert-OH is 1. The molecular formula is C12H15F3O. The molecule has 1 N–H and O–H groups in total. The van der Waals surface area contributed by atoms with Crippen molar-refractivity contribution in [3.05, 3.63) is 34.9 Å². The quantitative estimate of drug-likeness (QED) is 0.785. The number of alkyl halides is 3. The van der Waals surface area contributed by atoms with Crippen molar-refractivity contribution in [3.63, 3.8) is 0 Å². The van der Waals surface area contributed by atoms with Crippen LogP contribution in [-0.4, -0.2) is 5.11 Å². The minimum absolute atomic E-state index is 0.245. The van der Waals surface area contributed by atoms with Gasteiger partial charge < -0.3 is 5.11 Å². The number of halogens is 3. The number of rotatable bonds is 1. The number of benzene rings is 1. The van der Waals surface area contributed by atoms with Gasteiger partial charge in [-0.25, -0.2) is 0 Å². The van der Waals surface area contributed by atoms with E-state index in [4.69, 9.17) is 5.11 Å². The van der Waals surface area contributed by atoms with Gasteiger partial charge in [-0.05, 0) is 28.7 Å². The second-order valence-electron chi connectivity index (χ2n) is 4.78. The summed E-state index contributed by atoms with van der Waals surface area (Å²) < 4.78 is 37.6. The largest absolute Gasteiger partial charge is 0.416 e. The zero-order chi connectivity index (χ0) is 12.6. The fraction of sp³-hybridized carbons (Fsp3) is 0.500. The summed E-state index contributed by atoms with van der Waals surface area (Å²) in [5.41, 5.74) is -0.0146. The van der Waals surface area contributed by atoms with Crippen LogP contribution in [0.15, 0.2) is 18.2 Å². The lowest BCUT2D eigenvalue weighted by Gasteiger charge is -2.23. The first-order chi connectivity index (χ1) is 7.16. The Balaban J connectivity index is 3.34. The second kappa shape index (κ2) is 4.09. The molecule has 0 atom stereocenters. The standard InChI is InChI=1S/C12H15F3O/c1-11(2,3)10-6-9(12(13,14)15)5-4-8(10)7-16/h4-6,16H,7H2,1-3H3. The molecule has 0 aromatic heterocycles. The summed E-state index contributed by atoms with van der Waals surface area (Å²) in [6.45, 7) is 5.22. The maximum atomic E-state index is 12.5. The van der Waals surface area contributed by atoms with E-state index in [1.165, 1.54) is 6.07 Å².